The molecule has 0 bridgehead atoms. The molecule has 0 rings (SSSR count). The molecule has 0 heterocycles. The van der Waals surface area contributed by atoms with Crippen molar-refractivity contribution in [3.63, 3.8) is 0 Å². The molecule has 0 saturated heterocycles. The Morgan fingerprint density at radius 1 is 0.225 bits per heavy atom. The lowest BCUT2D eigenvalue weighted by atomic mass is 10.0. The van der Waals surface area contributed by atoms with Gasteiger partial charge in [-0.2, -0.15) is 0 Å². The average molecular weight is 1840 g/mol. The van der Waals surface area contributed by atoms with Crippen molar-refractivity contribution in [1.29, 1.82) is 0 Å². The van der Waals surface area contributed by atoms with Gasteiger partial charge in [0.15, 0.2) is 6.10 Å². The van der Waals surface area contributed by atoms with Crippen molar-refractivity contribution in [3.8, 4) is 0 Å². The van der Waals surface area contributed by atoms with Gasteiger partial charge in [-0.25, -0.2) is 9.13 Å². The average Bonchev–Trinajstić information content (AvgIpc) is 0.895. The number of unbranched alkanes of at least 4 members (excludes halogenated alkanes) is 45. The Balaban J connectivity index is 4.55. The zero-order valence-electron chi connectivity index (χ0n) is 82.0. The monoisotopic (exact) mass is 1840 g/mol. The number of ether oxygens (including phenoxy) is 3. The maximum absolute atomic E-state index is 13.1. The van der Waals surface area contributed by atoms with Crippen LogP contribution in [0.25, 0.3) is 0 Å². The summed E-state index contributed by atoms with van der Waals surface area (Å²) in [6.45, 7) is 2.46. The van der Waals surface area contributed by atoms with E-state index in [1.54, 1.807) is 0 Å². The summed E-state index contributed by atoms with van der Waals surface area (Å²) in [5.41, 5.74) is 0. The Morgan fingerprint density at radius 2 is 0.411 bits per heavy atom. The largest absolute Gasteiger partial charge is 0.472 e. The van der Waals surface area contributed by atoms with E-state index >= 15 is 0 Å². The highest BCUT2D eigenvalue weighted by atomic mass is 31.2. The molecule has 0 saturated carbocycles. The first kappa shape index (κ1) is 124. The number of hydrogen-bond donors (Lipinski definition) is 4. The van der Waals surface area contributed by atoms with E-state index in [0.29, 0.717) is 19.3 Å². The maximum atomic E-state index is 13.1. The van der Waals surface area contributed by atoms with Crippen LogP contribution in [0.5, 0.6) is 0 Å². The van der Waals surface area contributed by atoms with Crippen molar-refractivity contribution in [1.82, 2.24) is 0 Å². The molecule has 129 heavy (non-hydrogen) atoms. The number of hydrogen-bond acceptors (Lipinski definition) is 14. The number of aliphatic hydroxyl groups excluding tert-OH is 2. The van der Waals surface area contributed by atoms with Crippen molar-refractivity contribution in [2.24, 2.45) is 0 Å². The summed E-state index contributed by atoms with van der Waals surface area (Å²) in [6.07, 6.45) is 135. The summed E-state index contributed by atoms with van der Waals surface area (Å²) in [5.74, 6) is -1.59. The normalized spacial score (nSPS) is 14.4. The molecular formula is C111H190O16P2. The third-order valence-electron chi connectivity index (χ3n) is 22.1. The van der Waals surface area contributed by atoms with Gasteiger partial charge in [0.1, 0.15) is 25.4 Å². The predicted octanol–water partition coefficient (Wildman–Crippen LogP) is 33.1. The smallest absolute Gasteiger partial charge is 0.463 e. The Hall–Kier alpha value is -5.35. The second-order valence-electron chi connectivity index (χ2n) is 34.6. The Kier molecular flexibility index (Phi) is 97.4. The van der Waals surface area contributed by atoms with Crippen LogP contribution in [-0.2, 0) is 55.8 Å². The minimum Gasteiger partial charge on any atom is -0.463 e. The van der Waals surface area contributed by atoms with Crippen LogP contribution in [0.3, 0.4) is 0 Å². The molecule has 0 fully saturated rings. The summed E-state index contributed by atoms with van der Waals surface area (Å²) in [5, 5.41) is 20.8. The SMILES string of the molecule is CC/C=C\C/C=C\C/C=C\C/C=C\C/C=C\C/C=C\CCCCCCC(=O)OC(COC(=O)CCCCCCCCCCCCCCCCCCCCC/C=C\C/C=C\C/C=C\C/C=C\CCCCC)COP(=O)(O)OCC(O)COP(=O)(O)OCC(O)COC(=O)CCCCCCCCCCCCCCCCCCCCC/C=C\C/C=C\C/C=C\C/C=C\C/C=C\CC. The molecule has 0 aliphatic heterocycles. The van der Waals surface area contributed by atoms with E-state index in [4.69, 9.17) is 32.3 Å². The molecule has 18 heteroatoms. The molecule has 0 aliphatic rings. The molecule has 0 radical (unpaired) electrons. The fraction of sp³-hybridized carbons (Fsp3) is 0.703. The standard InChI is InChI=1S/C111H190O16P2/c1-4-7-10-13-16-19-22-25-28-31-34-37-40-42-44-46-48-50-52-54-56-58-60-62-65-67-70-73-76-79-82-85-88-91-94-97-109(114)121-100-106(112)101-123-128(117,118)124-102-107(113)103-125-129(119,120)126-105-108(127-111(116)99-96-93-90-87-84-81-78-75-72-69-64-39-36-33-30-27-24-21-18-15-12-9-6-3)104-122-110(115)98-95-92-89-86-83-80-77-74-71-68-66-63-61-59-57-55-53-51-49-47-45-43-41-38-35-32-29-26-23-20-17-14-11-8-5-2/h7,9-10,12,16-21,25-30,34-39,42-45,69,72,78,81,106-108,112-113H,4-6,8,11,13-15,22-24,31-33,40-41,46-68,70-71,73-77,79-80,82-105H2,1-3H3,(H,117,118)(H,119,120)/b10-7-,12-9-,19-16-,20-17-,21-18-,28-25-,29-26-,30-27-,37-34-,38-35-,39-36-,44-42-,45-43-,72-69-,81-78-. The van der Waals surface area contributed by atoms with Crippen LogP contribution in [0.2, 0.25) is 0 Å². The molecule has 0 spiro atoms. The first-order valence-electron chi connectivity index (χ1n) is 52.1. The lowest BCUT2D eigenvalue weighted by molar-refractivity contribution is -0.161. The third kappa shape index (κ3) is 103. The molecule has 0 amide bonds. The third-order valence-corrected chi connectivity index (χ3v) is 24.0. The summed E-state index contributed by atoms with van der Waals surface area (Å²) in [6, 6.07) is 0. The minimum absolute atomic E-state index is 0.0718. The molecule has 0 aromatic rings. The molecular weight excluding hydrogens is 1650 g/mol. The molecule has 0 aliphatic carbocycles. The number of allylic oxidation sites excluding steroid dienone is 30. The van der Waals surface area contributed by atoms with E-state index in [9.17, 15) is 43.5 Å². The van der Waals surface area contributed by atoms with Gasteiger partial charge in [0, 0.05) is 19.3 Å². The zero-order chi connectivity index (χ0) is 93.5. The predicted molar refractivity (Wildman–Crippen MR) is 546 cm³/mol. The van der Waals surface area contributed by atoms with Gasteiger partial charge < -0.3 is 34.2 Å². The van der Waals surface area contributed by atoms with Crippen molar-refractivity contribution in [2.75, 3.05) is 39.6 Å². The minimum atomic E-state index is -4.96. The molecule has 16 nitrogen and oxygen atoms in total. The van der Waals surface area contributed by atoms with Gasteiger partial charge in [0.25, 0.3) is 0 Å². The van der Waals surface area contributed by atoms with Crippen LogP contribution in [0.15, 0.2) is 182 Å². The Bertz CT molecular complexity index is 3080. The quantitative estimate of drug-likeness (QED) is 0.0146. The highest BCUT2D eigenvalue weighted by Gasteiger charge is 2.30. The summed E-state index contributed by atoms with van der Waals surface area (Å²) in [7, 11) is -9.83. The van der Waals surface area contributed by atoms with Gasteiger partial charge >= 0.3 is 33.6 Å². The van der Waals surface area contributed by atoms with Gasteiger partial charge in [-0.15, -0.1) is 0 Å². The van der Waals surface area contributed by atoms with Crippen molar-refractivity contribution >= 4 is 33.6 Å². The van der Waals surface area contributed by atoms with Gasteiger partial charge in [-0.3, -0.25) is 32.5 Å². The number of carbonyl (C=O) groups is 3. The van der Waals surface area contributed by atoms with E-state index in [-0.39, 0.29) is 19.3 Å². The maximum Gasteiger partial charge on any atom is 0.472 e. The topological polar surface area (TPSA) is 231 Å². The molecule has 5 unspecified atom stereocenters. The lowest BCUT2D eigenvalue weighted by Crippen LogP contribution is -2.30. The van der Waals surface area contributed by atoms with Crippen molar-refractivity contribution < 1.29 is 75.8 Å². The summed E-state index contributed by atoms with van der Waals surface area (Å²) in [4.78, 5) is 59.2. The van der Waals surface area contributed by atoms with E-state index in [1.807, 2.05) is 0 Å². The van der Waals surface area contributed by atoms with E-state index in [0.717, 1.165) is 154 Å². The fourth-order valence-corrected chi connectivity index (χ4v) is 15.9. The van der Waals surface area contributed by atoms with Crippen LogP contribution >= 0.6 is 15.6 Å². The number of rotatable bonds is 98. The van der Waals surface area contributed by atoms with Crippen molar-refractivity contribution in [2.45, 2.75) is 463 Å². The number of esters is 3. The van der Waals surface area contributed by atoms with Gasteiger partial charge in [0.2, 0.25) is 0 Å². The van der Waals surface area contributed by atoms with Crippen LogP contribution < -0.4 is 0 Å². The molecule has 4 N–H and O–H groups in total. The summed E-state index contributed by atoms with van der Waals surface area (Å²) < 4.78 is 61.7. The second-order valence-corrected chi connectivity index (χ2v) is 37.5. The number of phosphoric ester groups is 2. The number of phosphoric acid groups is 2. The molecule has 740 valence electrons. The van der Waals surface area contributed by atoms with Gasteiger partial charge in [-0.1, -0.05) is 447 Å². The van der Waals surface area contributed by atoms with Crippen molar-refractivity contribution in [3.05, 3.63) is 182 Å². The Labute approximate surface area is 789 Å². The Morgan fingerprint density at radius 3 is 0.651 bits per heavy atom. The zero-order valence-corrected chi connectivity index (χ0v) is 83.8. The number of carbonyl (C=O) groups excluding carboxylic acids is 3. The second kappa shape index (κ2) is 102. The first-order valence-corrected chi connectivity index (χ1v) is 55.1. The molecule has 5 atom stereocenters. The molecule has 0 aromatic carbocycles. The number of aliphatic hydroxyl groups is 2. The van der Waals surface area contributed by atoms with Gasteiger partial charge in [-0.05, 0) is 161 Å². The van der Waals surface area contributed by atoms with E-state index < -0.39 is 91.5 Å². The van der Waals surface area contributed by atoms with E-state index in [2.05, 4.69) is 203 Å². The van der Waals surface area contributed by atoms with Crippen LogP contribution in [-0.4, -0.2) is 95.9 Å². The lowest BCUT2D eigenvalue weighted by Gasteiger charge is -2.21. The molecule has 0 aromatic heterocycles. The van der Waals surface area contributed by atoms with Gasteiger partial charge in [0.05, 0.1) is 26.4 Å². The van der Waals surface area contributed by atoms with Crippen LogP contribution in [0.4, 0.5) is 0 Å². The van der Waals surface area contributed by atoms with Crippen LogP contribution in [0.1, 0.15) is 445 Å². The fourth-order valence-electron chi connectivity index (χ4n) is 14.3. The first-order chi connectivity index (χ1) is 63.2. The summed E-state index contributed by atoms with van der Waals surface area (Å²) >= 11 is 0. The highest BCUT2D eigenvalue weighted by molar-refractivity contribution is 7.47. The van der Waals surface area contributed by atoms with E-state index in [1.165, 1.54) is 231 Å². The highest BCUT2D eigenvalue weighted by Crippen LogP contribution is 2.45. The van der Waals surface area contributed by atoms with Crippen LogP contribution in [0, 0.1) is 0 Å².